The first kappa shape index (κ1) is 26.1. The molecular formula is C33H37N5O2. The minimum absolute atomic E-state index is 0.798. The highest BCUT2D eigenvalue weighted by Gasteiger charge is 2.26. The molecule has 0 aliphatic carbocycles. The maximum absolute atomic E-state index is 5.79. The van der Waals surface area contributed by atoms with E-state index in [0.717, 1.165) is 86.3 Å². The average Bonchev–Trinajstić information content (AvgIpc) is 3.39. The molecule has 0 saturated carbocycles. The quantitative estimate of drug-likeness (QED) is 0.280. The Hall–Kier alpha value is -4.10. The standard InChI is InChI=1S/C33H37N5O2/c1-24-34-35-32-23-37(28-13-6-7-14-29(28)38(24)32)20-10-19-36-21-17-25(18-22-36)33(26-11-4-8-15-30(26)39-2)27-12-5-9-16-31(27)40-3/h4-9,11-16H,10,17-23H2,1-3H3. The van der Waals surface area contributed by atoms with Gasteiger partial charge >= 0.3 is 0 Å². The van der Waals surface area contributed by atoms with Gasteiger partial charge in [0.1, 0.15) is 17.3 Å². The molecule has 2 aliphatic rings. The average molecular weight is 536 g/mol. The van der Waals surface area contributed by atoms with Gasteiger partial charge in [0.05, 0.1) is 32.1 Å². The first-order chi connectivity index (χ1) is 19.7. The summed E-state index contributed by atoms with van der Waals surface area (Å²) in [6, 6.07) is 25.3. The van der Waals surface area contributed by atoms with Gasteiger partial charge in [-0.15, -0.1) is 10.2 Å². The van der Waals surface area contributed by atoms with Gasteiger partial charge < -0.3 is 19.3 Å². The van der Waals surface area contributed by atoms with Gasteiger partial charge in [0.15, 0.2) is 5.82 Å². The lowest BCUT2D eigenvalue weighted by molar-refractivity contribution is 0.254. The predicted molar refractivity (Wildman–Crippen MR) is 159 cm³/mol. The second-order valence-corrected chi connectivity index (χ2v) is 10.5. The van der Waals surface area contributed by atoms with Crippen LogP contribution in [0.2, 0.25) is 0 Å². The molecule has 0 bridgehead atoms. The van der Waals surface area contributed by atoms with Gasteiger partial charge in [-0.25, -0.2) is 0 Å². The van der Waals surface area contributed by atoms with Crippen molar-refractivity contribution in [1.29, 1.82) is 0 Å². The zero-order valence-corrected chi connectivity index (χ0v) is 23.6. The number of anilines is 1. The van der Waals surface area contributed by atoms with Crippen LogP contribution in [0.4, 0.5) is 5.69 Å². The van der Waals surface area contributed by atoms with E-state index in [-0.39, 0.29) is 0 Å². The zero-order valence-electron chi connectivity index (χ0n) is 23.6. The van der Waals surface area contributed by atoms with Crippen molar-refractivity contribution in [3.05, 3.63) is 101 Å². The molecule has 1 saturated heterocycles. The number of hydrogen-bond acceptors (Lipinski definition) is 6. The highest BCUT2D eigenvalue weighted by Crippen LogP contribution is 2.40. The summed E-state index contributed by atoms with van der Waals surface area (Å²) < 4.78 is 13.8. The lowest BCUT2D eigenvalue weighted by atomic mass is 9.87. The molecular weight excluding hydrogens is 498 g/mol. The molecule has 0 amide bonds. The van der Waals surface area contributed by atoms with E-state index in [2.05, 4.69) is 73.1 Å². The van der Waals surface area contributed by atoms with Gasteiger partial charge in [-0.05, 0) is 62.6 Å². The van der Waals surface area contributed by atoms with Crippen LogP contribution in [0.5, 0.6) is 11.5 Å². The van der Waals surface area contributed by atoms with E-state index in [4.69, 9.17) is 9.47 Å². The molecule has 0 unspecified atom stereocenters. The number of likely N-dealkylation sites (tertiary alicyclic amines) is 1. The number of methoxy groups -OCH3 is 2. The van der Waals surface area contributed by atoms with E-state index >= 15 is 0 Å². The Morgan fingerprint density at radius 1 is 0.750 bits per heavy atom. The monoisotopic (exact) mass is 535 g/mol. The van der Waals surface area contributed by atoms with Crippen molar-refractivity contribution in [2.45, 2.75) is 32.7 Å². The Kier molecular flexibility index (Phi) is 7.55. The van der Waals surface area contributed by atoms with Crippen molar-refractivity contribution in [3.63, 3.8) is 0 Å². The fraction of sp³-hybridized carbons (Fsp3) is 0.333. The molecule has 0 radical (unpaired) electrons. The first-order valence-corrected chi connectivity index (χ1v) is 14.1. The Balaban J connectivity index is 1.16. The van der Waals surface area contributed by atoms with Crippen LogP contribution in [-0.4, -0.2) is 60.1 Å². The molecule has 1 fully saturated rings. The van der Waals surface area contributed by atoms with Crippen LogP contribution in [-0.2, 0) is 6.54 Å². The Morgan fingerprint density at radius 3 is 2.00 bits per heavy atom. The fourth-order valence-electron chi connectivity index (χ4n) is 6.21. The van der Waals surface area contributed by atoms with E-state index in [9.17, 15) is 0 Å². The van der Waals surface area contributed by atoms with Crippen LogP contribution in [0.25, 0.3) is 11.3 Å². The number of hydrogen-bond donors (Lipinski definition) is 0. The molecule has 0 N–H and O–H groups in total. The summed E-state index contributed by atoms with van der Waals surface area (Å²) in [5, 5.41) is 8.77. The van der Waals surface area contributed by atoms with Gasteiger partial charge in [0, 0.05) is 30.8 Å². The van der Waals surface area contributed by atoms with E-state index in [1.165, 1.54) is 22.5 Å². The predicted octanol–water partition coefficient (Wildman–Crippen LogP) is 5.90. The van der Waals surface area contributed by atoms with Gasteiger partial charge in [0.25, 0.3) is 0 Å². The molecule has 1 aromatic heterocycles. The number of fused-ring (bicyclic) bond motifs is 3. The molecule has 4 aromatic rings. The Bertz CT molecular complexity index is 1470. The molecule has 2 aliphatic heterocycles. The van der Waals surface area contributed by atoms with Gasteiger partial charge in [-0.2, -0.15) is 0 Å². The molecule has 3 heterocycles. The lowest BCUT2D eigenvalue weighted by Gasteiger charge is -2.34. The fourth-order valence-corrected chi connectivity index (χ4v) is 6.21. The van der Waals surface area contributed by atoms with Crippen LogP contribution >= 0.6 is 0 Å². The topological polar surface area (TPSA) is 55.7 Å². The van der Waals surface area contributed by atoms with E-state index in [1.54, 1.807) is 14.2 Å². The van der Waals surface area contributed by atoms with Crippen molar-refractivity contribution in [2.24, 2.45) is 0 Å². The normalized spacial score (nSPS) is 15.0. The minimum Gasteiger partial charge on any atom is -0.496 e. The second-order valence-electron chi connectivity index (χ2n) is 10.5. The second kappa shape index (κ2) is 11.6. The maximum Gasteiger partial charge on any atom is 0.157 e. The third-order valence-electron chi connectivity index (χ3n) is 8.16. The van der Waals surface area contributed by atoms with Gasteiger partial charge in [-0.1, -0.05) is 54.1 Å². The molecule has 0 atom stereocenters. The zero-order chi connectivity index (χ0) is 27.5. The molecule has 6 rings (SSSR count). The van der Waals surface area contributed by atoms with Crippen LogP contribution in [0.3, 0.4) is 0 Å². The minimum atomic E-state index is 0.798. The highest BCUT2D eigenvalue weighted by molar-refractivity contribution is 5.87. The molecule has 7 heteroatoms. The van der Waals surface area contributed by atoms with Gasteiger partial charge in [-0.3, -0.25) is 4.57 Å². The SMILES string of the molecule is COc1ccccc1C(=C1CCN(CCCN2Cc3nnc(C)n3-c3ccccc32)CC1)c1ccccc1OC. The van der Waals surface area contributed by atoms with Crippen molar-refractivity contribution in [1.82, 2.24) is 19.7 Å². The molecule has 3 aromatic carbocycles. The van der Waals surface area contributed by atoms with Crippen molar-refractivity contribution < 1.29 is 9.47 Å². The van der Waals surface area contributed by atoms with E-state index < -0.39 is 0 Å². The first-order valence-electron chi connectivity index (χ1n) is 14.1. The van der Waals surface area contributed by atoms with Crippen LogP contribution in [0.1, 0.15) is 42.0 Å². The Labute approximate surface area is 236 Å². The number of aromatic nitrogens is 3. The summed E-state index contributed by atoms with van der Waals surface area (Å²) >= 11 is 0. The number of aryl methyl sites for hydroxylation is 1. The van der Waals surface area contributed by atoms with Gasteiger partial charge in [0.2, 0.25) is 0 Å². The summed E-state index contributed by atoms with van der Waals surface area (Å²) in [5.74, 6) is 3.75. The number of rotatable bonds is 8. The lowest BCUT2D eigenvalue weighted by Crippen LogP contribution is -2.35. The van der Waals surface area contributed by atoms with E-state index in [1.807, 2.05) is 31.2 Å². The smallest absolute Gasteiger partial charge is 0.157 e. The van der Waals surface area contributed by atoms with Crippen molar-refractivity contribution >= 4 is 11.3 Å². The largest absolute Gasteiger partial charge is 0.496 e. The molecule has 206 valence electrons. The number of piperidine rings is 1. The Morgan fingerprint density at radius 2 is 1.35 bits per heavy atom. The van der Waals surface area contributed by atoms with Crippen molar-refractivity contribution in [2.75, 3.05) is 45.3 Å². The molecule has 7 nitrogen and oxygen atoms in total. The van der Waals surface area contributed by atoms with Crippen LogP contribution in [0.15, 0.2) is 78.4 Å². The third-order valence-corrected chi connectivity index (χ3v) is 8.16. The number of benzene rings is 3. The summed E-state index contributed by atoms with van der Waals surface area (Å²) in [6.07, 6.45) is 3.16. The van der Waals surface area contributed by atoms with Crippen LogP contribution < -0.4 is 14.4 Å². The number of ether oxygens (including phenoxy) is 2. The summed E-state index contributed by atoms with van der Waals surface area (Å²) in [7, 11) is 3.50. The summed E-state index contributed by atoms with van der Waals surface area (Å²) in [6.45, 7) is 6.99. The highest BCUT2D eigenvalue weighted by atomic mass is 16.5. The van der Waals surface area contributed by atoms with E-state index in [0.29, 0.717) is 0 Å². The molecule has 0 spiro atoms. The summed E-state index contributed by atoms with van der Waals surface area (Å²) in [4.78, 5) is 5.06. The maximum atomic E-state index is 5.79. The molecule has 40 heavy (non-hydrogen) atoms. The van der Waals surface area contributed by atoms with Crippen molar-refractivity contribution in [3.8, 4) is 17.2 Å². The van der Waals surface area contributed by atoms with Crippen LogP contribution in [0, 0.1) is 6.92 Å². The summed E-state index contributed by atoms with van der Waals surface area (Å²) in [5.41, 5.74) is 7.41. The number of nitrogens with zero attached hydrogens (tertiary/aromatic N) is 5. The third kappa shape index (κ3) is 4.97. The number of para-hydroxylation sites is 4.